The van der Waals surface area contributed by atoms with Gasteiger partial charge in [-0.3, -0.25) is 0 Å². The van der Waals surface area contributed by atoms with Crippen molar-refractivity contribution in [3.8, 4) is 5.75 Å². The molecule has 2 aromatic rings. The Bertz CT molecular complexity index is 727. The van der Waals surface area contributed by atoms with E-state index >= 15 is 0 Å². The Hall–Kier alpha value is -1.62. The Balaban J connectivity index is 2.09. The van der Waals surface area contributed by atoms with Gasteiger partial charge in [-0.05, 0) is 42.3 Å². The van der Waals surface area contributed by atoms with Crippen LogP contribution in [0.25, 0.3) is 0 Å². The summed E-state index contributed by atoms with van der Waals surface area (Å²) < 4.78 is 5.53. The minimum absolute atomic E-state index is 0.0609. The average molecular weight is 389 g/mol. The van der Waals surface area contributed by atoms with Crippen molar-refractivity contribution < 1.29 is 14.6 Å². The van der Waals surface area contributed by atoms with Crippen LogP contribution in [0.4, 0.5) is 5.69 Å². The third kappa shape index (κ3) is 4.69. The summed E-state index contributed by atoms with van der Waals surface area (Å²) in [6.07, 6.45) is 0.864. The van der Waals surface area contributed by atoms with Gasteiger partial charge in [-0.1, -0.05) is 41.7 Å². The number of carbonyl (C=O) groups is 1. The van der Waals surface area contributed by atoms with Gasteiger partial charge < -0.3 is 15.2 Å². The van der Waals surface area contributed by atoms with Crippen molar-refractivity contribution in [2.75, 3.05) is 11.9 Å². The molecule has 0 saturated heterocycles. The summed E-state index contributed by atoms with van der Waals surface area (Å²) in [5, 5.41) is 13.2. The van der Waals surface area contributed by atoms with Gasteiger partial charge in [-0.2, -0.15) is 0 Å². The van der Waals surface area contributed by atoms with Crippen LogP contribution in [-0.2, 0) is 6.54 Å². The van der Waals surface area contributed by atoms with Crippen molar-refractivity contribution in [3.63, 3.8) is 0 Å². The second kappa shape index (κ2) is 8.47. The molecule has 0 aliphatic carbocycles. The fourth-order valence-corrected chi connectivity index (χ4v) is 2.96. The van der Waals surface area contributed by atoms with Gasteiger partial charge in [-0.15, -0.1) is 0 Å². The number of nitrogens with one attached hydrogen (secondary N) is 1. The molecule has 4 nitrogen and oxygen atoms in total. The van der Waals surface area contributed by atoms with Crippen LogP contribution >= 0.6 is 34.8 Å². The minimum atomic E-state index is -1.06. The molecule has 0 unspecified atom stereocenters. The molecule has 0 amide bonds. The number of carboxylic acid groups (broad SMARTS) is 1. The van der Waals surface area contributed by atoms with Crippen LogP contribution in [0.15, 0.2) is 30.3 Å². The van der Waals surface area contributed by atoms with Crippen molar-refractivity contribution in [2.45, 2.75) is 19.9 Å². The van der Waals surface area contributed by atoms with E-state index in [9.17, 15) is 4.79 Å². The number of hydrogen-bond acceptors (Lipinski definition) is 3. The first kappa shape index (κ1) is 18.7. The molecule has 2 aromatic carbocycles. The maximum Gasteiger partial charge on any atom is 0.337 e. The first-order chi connectivity index (χ1) is 11.4. The normalized spacial score (nSPS) is 10.5. The lowest BCUT2D eigenvalue weighted by Gasteiger charge is -2.12. The third-order valence-electron chi connectivity index (χ3n) is 3.20. The summed E-state index contributed by atoms with van der Waals surface area (Å²) in [6.45, 7) is 3.00. The molecule has 2 rings (SSSR count). The summed E-state index contributed by atoms with van der Waals surface area (Å²) in [7, 11) is 0. The molecule has 0 saturated carbocycles. The topological polar surface area (TPSA) is 58.6 Å². The second-order valence-electron chi connectivity index (χ2n) is 5.09. The Labute approximate surface area is 155 Å². The molecule has 128 valence electrons. The van der Waals surface area contributed by atoms with Crippen molar-refractivity contribution in [1.29, 1.82) is 0 Å². The molecule has 0 spiro atoms. The van der Waals surface area contributed by atoms with Crippen LogP contribution < -0.4 is 10.1 Å². The van der Waals surface area contributed by atoms with E-state index in [0.717, 1.165) is 12.0 Å². The first-order valence-corrected chi connectivity index (χ1v) is 8.43. The first-order valence-electron chi connectivity index (χ1n) is 7.29. The lowest BCUT2D eigenvalue weighted by atomic mass is 10.2. The Kier molecular flexibility index (Phi) is 6.60. The van der Waals surface area contributed by atoms with Crippen molar-refractivity contribution in [2.24, 2.45) is 0 Å². The highest BCUT2D eigenvalue weighted by atomic mass is 35.5. The molecule has 0 aromatic heterocycles. The lowest BCUT2D eigenvalue weighted by molar-refractivity contribution is 0.0697. The van der Waals surface area contributed by atoms with E-state index in [2.05, 4.69) is 5.32 Å². The van der Waals surface area contributed by atoms with Gasteiger partial charge in [0.2, 0.25) is 0 Å². The van der Waals surface area contributed by atoms with Crippen molar-refractivity contribution in [3.05, 3.63) is 56.5 Å². The van der Waals surface area contributed by atoms with E-state index in [1.807, 2.05) is 6.92 Å². The molecule has 7 heteroatoms. The molecule has 24 heavy (non-hydrogen) atoms. The maximum absolute atomic E-state index is 10.9. The molecule has 2 N–H and O–H groups in total. The second-order valence-corrected chi connectivity index (χ2v) is 6.31. The number of carboxylic acids is 1. The predicted octanol–water partition coefficient (Wildman–Crippen LogP) is 5.75. The number of anilines is 1. The van der Waals surface area contributed by atoms with Gasteiger partial charge in [0.25, 0.3) is 0 Å². The van der Waals surface area contributed by atoms with Crippen LogP contribution in [0.2, 0.25) is 15.1 Å². The van der Waals surface area contributed by atoms with E-state index in [1.165, 1.54) is 6.07 Å². The molecule has 0 fully saturated rings. The zero-order valence-electron chi connectivity index (χ0n) is 12.9. The number of benzene rings is 2. The lowest BCUT2D eigenvalue weighted by Crippen LogP contribution is -2.03. The molecule has 0 aliphatic heterocycles. The molecule has 0 atom stereocenters. The summed E-state index contributed by atoms with van der Waals surface area (Å²) in [5.41, 5.74) is 1.63. The Morgan fingerprint density at radius 3 is 2.33 bits per heavy atom. The van der Waals surface area contributed by atoms with Crippen LogP contribution in [0.3, 0.4) is 0 Å². The highest BCUT2D eigenvalue weighted by Crippen LogP contribution is 2.34. The fraction of sp³-hybridized carbons (Fsp3) is 0.235. The molecule has 0 aliphatic rings. The van der Waals surface area contributed by atoms with E-state index < -0.39 is 5.97 Å². The van der Waals surface area contributed by atoms with Crippen molar-refractivity contribution in [1.82, 2.24) is 0 Å². The van der Waals surface area contributed by atoms with Gasteiger partial charge >= 0.3 is 5.97 Å². The van der Waals surface area contributed by atoms with Gasteiger partial charge in [0.05, 0.1) is 27.2 Å². The highest BCUT2D eigenvalue weighted by molar-refractivity contribution is 6.37. The summed E-state index contributed by atoms with van der Waals surface area (Å²) >= 11 is 18.4. The largest absolute Gasteiger partial charge is 0.490 e. The van der Waals surface area contributed by atoms with Gasteiger partial charge in [0.1, 0.15) is 0 Å². The van der Waals surface area contributed by atoms with Crippen LogP contribution in [0, 0.1) is 0 Å². The fourth-order valence-electron chi connectivity index (χ4n) is 2.06. The van der Waals surface area contributed by atoms with Crippen LogP contribution in [0.1, 0.15) is 29.3 Å². The SMILES string of the molecule is CCCOc1c(Cl)cc(CNc2ccc(C(=O)O)c(Cl)c2)cc1Cl. The summed E-state index contributed by atoms with van der Waals surface area (Å²) in [6, 6.07) is 8.22. The number of rotatable bonds is 7. The third-order valence-corrected chi connectivity index (χ3v) is 4.08. The molecule has 0 radical (unpaired) electrons. The predicted molar refractivity (Wildman–Crippen MR) is 98.0 cm³/mol. The zero-order chi connectivity index (χ0) is 17.7. The quantitative estimate of drug-likeness (QED) is 0.634. The number of ether oxygens (including phenoxy) is 1. The molecule has 0 bridgehead atoms. The monoisotopic (exact) mass is 387 g/mol. The van der Waals surface area contributed by atoms with Gasteiger partial charge in [0.15, 0.2) is 5.75 Å². The highest BCUT2D eigenvalue weighted by Gasteiger charge is 2.11. The van der Waals surface area contributed by atoms with Crippen LogP contribution in [-0.4, -0.2) is 17.7 Å². The average Bonchev–Trinajstić information content (AvgIpc) is 2.52. The Morgan fingerprint density at radius 2 is 1.79 bits per heavy atom. The Morgan fingerprint density at radius 1 is 1.12 bits per heavy atom. The summed E-state index contributed by atoms with van der Waals surface area (Å²) in [5.74, 6) is -0.578. The molecule has 0 heterocycles. The molecular weight excluding hydrogens is 373 g/mol. The van der Waals surface area contributed by atoms with E-state index in [-0.39, 0.29) is 10.6 Å². The maximum atomic E-state index is 10.9. The van der Waals surface area contributed by atoms with Crippen molar-refractivity contribution >= 4 is 46.5 Å². The smallest absolute Gasteiger partial charge is 0.337 e. The van der Waals surface area contributed by atoms with E-state index in [4.69, 9.17) is 44.6 Å². The standard InChI is InChI=1S/C17H16Cl3NO3/c1-2-5-24-16-14(19)6-10(7-15(16)20)9-21-11-3-4-12(17(22)23)13(18)8-11/h3-4,6-8,21H,2,5,9H2,1H3,(H,22,23). The van der Waals surface area contributed by atoms with Crippen LogP contribution in [0.5, 0.6) is 5.75 Å². The van der Waals surface area contributed by atoms with E-state index in [1.54, 1.807) is 24.3 Å². The van der Waals surface area contributed by atoms with E-state index in [0.29, 0.717) is 34.6 Å². The summed E-state index contributed by atoms with van der Waals surface area (Å²) in [4.78, 5) is 10.9. The number of aromatic carboxylic acids is 1. The molecular formula is C17H16Cl3NO3. The number of halogens is 3. The number of hydrogen-bond donors (Lipinski definition) is 2. The zero-order valence-corrected chi connectivity index (χ0v) is 15.2. The van der Waals surface area contributed by atoms with Gasteiger partial charge in [-0.25, -0.2) is 4.79 Å². The minimum Gasteiger partial charge on any atom is -0.490 e. The van der Waals surface area contributed by atoms with Gasteiger partial charge in [0, 0.05) is 12.2 Å².